The number of hydrogen-bond acceptors (Lipinski definition) is 3. The molecule has 1 fully saturated rings. The van der Waals surface area contributed by atoms with Gasteiger partial charge in [0, 0.05) is 12.2 Å². The maximum Gasteiger partial charge on any atom is 0.242 e. The second kappa shape index (κ2) is 7.37. The van der Waals surface area contributed by atoms with Crippen LogP contribution in [-0.4, -0.2) is 37.5 Å². The van der Waals surface area contributed by atoms with Gasteiger partial charge >= 0.3 is 0 Å². The van der Waals surface area contributed by atoms with Gasteiger partial charge in [-0.2, -0.15) is 4.31 Å². The molecule has 1 unspecified atom stereocenters. The number of benzene rings is 2. The second-order valence-electron chi connectivity index (χ2n) is 6.34. The van der Waals surface area contributed by atoms with E-state index in [1.165, 1.54) is 4.31 Å². The van der Waals surface area contributed by atoms with Crippen molar-refractivity contribution in [1.29, 1.82) is 0 Å². The van der Waals surface area contributed by atoms with E-state index in [1.54, 1.807) is 0 Å². The Morgan fingerprint density at radius 1 is 1.12 bits per heavy atom. The molecule has 5 nitrogen and oxygen atoms in total. The summed E-state index contributed by atoms with van der Waals surface area (Å²) in [5, 5.41) is 2.93. The molecular weight excluding hydrogens is 336 g/mol. The van der Waals surface area contributed by atoms with Crippen LogP contribution in [-0.2, 0) is 21.2 Å². The summed E-state index contributed by atoms with van der Waals surface area (Å²) in [5.41, 5.74) is 2.89. The Bertz CT molecular complexity index is 850. The lowest BCUT2D eigenvalue weighted by atomic mass is 10.0. The van der Waals surface area contributed by atoms with E-state index >= 15 is 0 Å². The van der Waals surface area contributed by atoms with Crippen LogP contribution in [0.25, 0.3) is 0 Å². The highest BCUT2D eigenvalue weighted by Crippen LogP contribution is 2.24. The Labute approximate surface area is 148 Å². The number of para-hydroxylation sites is 1. The molecule has 0 aromatic heterocycles. The molecule has 25 heavy (non-hydrogen) atoms. The van der Waals surface area contributed by atoms with Crippen molar-refractivity contribution < 1.29 is 13.2 Å². The lowest BCUT2D eigenvalue weighted by molar-refractivity contribution is -0.119. The molecule has 1 saturated heterocycles. The largest absolute Gasteiger partial charge is 0.324 e. The molecule has 1 atom stereocenters. The number of amides is 1. The summed E-state index contributed by atoms with van der Waals surface area (Å²) in [6, 6.07) is 17.0. The quantitative estimate of drug-likeness (QED) is 0.893. The van der Waals surface area contributed by atoms with Gasteiger partial charge in [-0.3, -0.25) is 4.79 Å². The first-order valence-corrected chi connectivity index (χ1v) is 10.2. The third kappa shape index (κ3) is 4.27. The summed E-state index contributed by atoms with van der Waals surface area (Å²) < 4.78 is 25.0. The maximum absolute atomic E-state index is 12.7. The smallest absolute Gasteiger partial charge is 0.242 e. The standard InChI is InChI=1S/C19H22N2O3S/c1-25(23,24)21-13-7-12-18(21)19(22)20-17-11-6-5-10-16(17)14-15-8-3-2-4-9-15/h2-6,8-11,18H,7,12-14H2,1H3,(H,20,22). The van der Waals surface area contributed by atoms with Crippen molar-refractivity contribution in [2.45, 2.75) is 25.3 Å². The molecule has 1 amide bonds. The van der Waals surface area contributed by atoms with E-state index in [0.717, 1.165) is 23.1 Å². The van der Waals surface area contributed by atoms with E-state index in [9.17, 15) is 13.2 Å². The zero-order chi connectivity index (χ0) is 17.9. The van der Waals surface area contributed by atoms with Crippen molar-refractivity contribution in [2.75, 3.05) is 18.1 Å². The predicted octanol–water partition coefficient (Wildman–Crippen LogP) is 2.64. The number of sulfonamides is 1. The van der Waals surface area contributed by atoms with E-state index in [4.69, 9.17) is 0 Å². The number of carbonyl (C=O) groups is 1. The van der Waals surface area contributed by atoms with Crippen LogP contribution in [0.4, 0.5) is 5.69 Å². The van der Waals surface area contributed by atoms with Gasteiger partial charge < -0.3 is 5.32 Å². The van der Waals surface area contributed by atoms with Crippen LogP contribution in [0.1, 0.15) is 24.0 Å². The molecule has 132 valence electrons. The normalized spacial score (nSPS) is 18.2. The van der Waals surface area contributed by atoms with Gasteiger partial charge in [-0.05, 0) is 36.5 Å². The van der Waals surface area contributed by atoms with Gasteiger partial charge in [-0.1, -0.05) is 48.5 Å². The zero-order valence-corrected chi connectivity index (χ0v) is 15.0. The minimum atomic E-state index is -3.38. The highest BCUT2D eigenvalue weighted by Gasteiger charge is 2.36. The van der Waals surface area contributed by atoms with Crippen LogP contribution in [0.3, 0.4) is 0 Å². The molecule has 0 spiro atoms. The monoisotopic (exact) mass is 358 g/mol. The molecule has 0 aliphatic carbocycles. The highest BCUT2D eigenvalue weighted by molar-refractivity contribution is 7.88. The van der Waals surface area contributed by atoms with Gasteiger partial charge in [0.2, 0.25) is 15.9 Å². The first kappa shape index (κ1) is 17.6. The summed E-state index contributed by atoms with van der Waals surface area (Å²) >= 11 is 0. The molecule has 1 aliphatic rings. The fourth-order valence-corrected chi connectivity index (χ4v) is 4.35. The summed E-state index contributed by atoms with van der Waals surface area (Å²) in [5.74, 6) is -0.261. The van der Waals surface area contributed by atoms with E-state index in [2.05, 4.69) is 5.32 Å². The van der Waals surface area contributed by atoms with Crippen LogP contribution in [0.5, 0.6) is 0 Å². The molecule has 1 aliphatic heterocycles. The van der Waals surface area contributed by atoms with Crippen molar-refractivity contribution in [1.82, 2.24) is 4.31 Å². The Hall–Kier alpha value is -2.18. The molecule has 3 rings (SSSR count). The summed E-state index contributed by atoms with van der Waals surface area (Å²) in [7, 11) is -3.38. The van der Waals surface area contributed by atoms with Crippen LogP contribution < -0.4 is 5.32 Å². The topological polar surface area (TPSA) is 66.5 Å². The van der Waals surface area contributed by atoms with Gasteiger partial charge in [0.1, 0.15) is 6.04 Å². The first-order chi connectivity index (χ1) is 11.9. The first-order valence-electron chi connectivity index (χ1n) is 8.34. The Morgan fingerprint density at radius 3 is 2.52 bits per heavy atom. The Kier molecular flexibility index (Phi) is 5.20. The summed E-state index contributed by atoms with van der Waals surface area (Å²) in [4.78, 5) is 12.7. The van der Waals surface area contributed by atoms with E-state index < -0.39 is 16.1 Å². The van der Waals surface area contributed by atoms with Crippen molar-refractivity contribution in [3.8, 4) is 0 Å². The molecule has 1 heterocycles. The Balaban J connectivity index is 1.78. The molecule has 2 aromatic carbocycles. The zero-order valence-electron chi connectivity index (χ0n) is 14.2. The molecule has 0 radical (unpaired) electrons. The van der Waals surface area contributed by atoms with E-state index in [1.807, 2.05) is 54.6 Å². The van der Waals surface area contributed by atoms with Gasteiger partial charge in [0.25, 0.3) is 0 Å². The number of anilines is 1. The number of hydrogen-bond donors (Lipinski definition) is 1. The van der Waals surface area contributed by atoms with Gasteiger partial charge in [0.15, 0.2) is 0 Å². The van der Waals surface area contributed by atoms with Crippen LogP contribution >= 0.6 is 0 Å². The fraction of sp³-hybridized carbons (Fsp3) is 0.316. The van der Waals surface area contributed by atoms with Crippen molar-refractivity contribution in [3.05, 3.63) is 65.7 Å². The lowest BCUT2D eigenvalue weighted by Gasteiger charge is -2.22. The maximum atomic E-state index is 12.7. The van der Waals surface area contributed by atoms with Crippen LogP contribution in [0, 0.1) is 0 Å². The molecule has 0 saturated carbocycles. The molecule has 6 heteroatoms. The molecule has 1 N–H and O–H groups in total. The van der Waals surface area contributed by atoms with Crippen LogP contribution in [0.2, 0.25) is 0 Å². The number of rotatable bonds is 5. The molecule has 0 bridgehead atoms. The lowest BCUT2D eigenvalue weighted by Crippen LogP contribution is -2.42. The molecule has 2 aromatic rings. The van der Waals surface area contributed by atoms with Gasteiger partial charge in [-0.15, -0.1) is 0 Å². The minimum absolute atomic E-state index is 0.261. The van der Waals surface area contributed by atoms with Crippen molar-refractivity contribution in [2.24, 2.45) is 0 Å². The van der Waals surface area contributed by atoms with E-state index in [-0.39, 0.29) is 5.91 Å². The fourth-order valence-electron chi connectivity index (χ4n) is 3.23. The number of nitrogens with zero attached hydrogens (tertiary/aromatic N) is 1. The van der Waals surface area contributed by atoms with Crippen molar-refractivity contribution in [3.63, 3.8) is 0 Å². The molecular formula is C19H22N2O3S. The minimum Gasteiger partial charge on any atom is -0.324 e. The Morgan fingerprint density at radius 2 is 1.80 bits per heavy atom. The van der Waals surface area contributed by atoms with E-state index in [0.29, 0.717) is 25.8 Å². The number of nitrogens with one attached hydrogen (secondary N) is 1. The van der Waals surface area contributed by atoms with Gasteiger partial charge in [0.05, 0.1) is 6.26 Å². The summed E-state index contributed by atoms with van der Waals surface area (Å²) in [6.45, 7) is 0.405. The van der Waals surface area contributed by atoms with Crippen LogP contribution in [0.15, 0.2) is 54.6 Å². The number of carbonyl (C=O) groups excluding carboxylic acids is 1. The highest BCUT2D eigenvalue weighted by atomic mass is 32.2. The van der Waals surface area contributed by atoms with Crippen molar-refractivity contribution >= 4 is 21.6 Å². The predicted molar refractivity (Wildman–Crippen MR) is 98.9 cm³/mol. The second-order valence-corrected chi connectivity index (χ2v) is 8.28. The summed E-state index contributed by atoms with van der Waals surface area (Å²) in [6.07, 6.45) is 3.12. The average Bonchev–Trinajstić information content (AvgIpc) is 3.08. The third-order valence-electron chi connectivity index (χ3n) is 4.44. The SMILES string of the molecule is CS(=O)(=O)N1CCCC1C(=O)Nc1ccccc1Cc1ccccc1. The third-order valence-corrected chi connectivity index (χ3v) is 5.73. The average molecular weight is 358 g/mol. The van der Waals surface area contributed by atoms with Gasteiger partial charge in [-0.25, -0.2) is 8.42 Å².